The Morgan fingerprint density at radius 3 is 2.38 bits per heavy atom. The zero-order valence-electron chi connectivity index (χ0n) is 13.9. The van der Waals surface area contributed by atoms with Crippen LogP contribution in [0.2, 0.25) is 0 Å². The topological polar surface area (TPSA) is 80.1 Å². The zero-order valence-corrected chi connectivity index (χ0v) is 14.7. The van der Waals surface area contributed by atoms with Crippen LogP contribution in [0.15, 0.2) is 48.8 Å². The van der Waals surface area contributed by atoms with Crippen LogP contribution >= 0.6 is 0 Å². The molecule has 9 heteroatoms. The highest BCUT2D eigenvalue weighted by atomic mass is 32.2. The molecule has 2 aromatic heterocycles. The van der Waals surface area contributed by atoms with Crippen LogP contribution in [0.5, 0.6) is 0 Å². The van der Waals surface area contributed by atoms with Crippen molar-refractivity contribution in [2.45, 2.75) is 6.54 Å². The molecular formula is C17H16FN5O2S. The maximum absolute atomic E-state index is 13.3. The third-order valence-electron chi connectivity index (χ3n) is 4.18. The fraction of sp³-hybridized carbons (Fsp3) is 0.176. The monoisotopic (exact) mass is 373 g/mol. The average molecular weight is 373 g/mol. The van der Waals surface area contributed by atoms with E-state index in [-0.39, 0.29) is 12.4 Å². The molecule has 4 rings (SSSR count). The summed E-state index contributed by atoms with van der Waals surface area (Å²) in [5.41, 5.74) is 5.93. The third kappa shape index (κ3) is 2.95. The highest BCUT2D eigenvalue weighted by Crippen LogP contribution is 2.39. The molecule has 1 N–H and O–H groups in total. The van der Waals surface area contributed by atoms with Crippen molar-refractivity contribution in [3.63, 3.8) is 0 Å². The molecule has 134 valence electrons. The van der Waals surface area contributed by atoms with Gasteiger partial charge in [-0.2, -0.15) is 5.10 Å². The molecule has 0 radical (unpaired) electrons. The van der Waals surface area contributed by atoms with E-state index in [1.54, 1.807) is 29.2 Å². The van der Waals surface area contributed by atoms with Crippen molar-refractivity contribution >= 4 is 15.8 Å². The zero-order chi connectivity index (χ0) is 18.3. The van der Waals surface area contributed by atoms with Gasteiger partial charge in [0.15, 0.2) is 0 Å². The Morgan fingerprint density at radius 2 is 1.73 bits per heavy atom. The highest BCUT2D eigenvalue weighted by molar-refractivity contribution is 7.88. The molecule has 7 nitrogen and oxygen atoms in total. The number of benzene rings is 1. The molecule has 3 heterocycles. The number of hydrogen-bond acceptors (Lipinski definition) is 5. The SMILES string of the molecule is CS(=O)(=O)N1CCn2nc(-c3ccc(F)cc3)c(-c3ccncc3)c2N1. The number of halogens is 1. The normalized spacial score (nSPS) is 14.7. The number of anilines is 1. The van der Waals surface area contributed by atoms with Crippen LogP contribution in [-0.2, 0) is 16.6 Å². The van der Waals surface area contributed by atoms with E-state index < -0.39 is 10.0 Å². The maximum atomic E-state index is 13.3. The van der Waals surface area contributed by atoms with Gasteiger partial charge < -0.3 is 0 Å². The number of nitrogens with zero attached hydrogens (tertiary/aromatic N) is 4. The first-order chi connectivity index (χ1) is 12.4. The van der Waals surface area contributed by atoms with E-state index in [0.29, 0.717) is 18.1 Å². The summed E-state index contributed by atoms with van der Waals surface area (Å²) in [6.45, 7) is 0.681. The standard InChI is InChI=1S/C17H16FN5O2S/c1-26(24,25)23-11-10-22-17(21-23)15(12-6-8-19-9-7-12)16(20-22)13-2-4-14(18)5-3-13/h2-9,21H,10-11H2,1H3. The van der Waals surface area contributed by atoms with Gasteiger partial charge in [0.1, 0.15) is 17.3 Å². The summed E-state index contributed by atoms with van der Waals surface area (Å²) in [6.07, 6.45) is 4.47. The summed E-state index contributed by atoms with van der Waals surface area (Å²) in [6, 6.07) is 9.71. The number of fused-ring (bicyclic) bond motifs is 1. The van der Waals surface area contributed by atoms with Gasteiger partial charge >= 0.3 is 0 Å². The summed E-state index contributed by atoms with van der Waals surface area (Å²) in [4.78, 5) is 4.03. The summed E-state index contributed by atoms with van der Waals surface area (Å²) in [5.74, 6) is 0.247. The summed E-state index contributed by atoms with van der Waals surface area (Å²) in [7, 11) is -3.41. The molecule has 0 saturated heterocycles. The van der Waals surface area contributed by atoms with Crippen LogP contribution < -0.4 is 5.43 Å². The molecule has 1 aliphatic heterocycles. The minimum atomic E-state index is -3.41. The molecule has 0 amide bonds. The van der Waals surface area contributed by atoms with Crippen molar-refractivity contribution in [3.05, 3.63) is 54.6 Å². The molecule has 0 spiro atoms. The van der Waals surface area contributed by atoms with Gasteiger partial charge in [0.25, 0.3) is 0 Å². The van der Waals surface area contributed by atoms with Gasteiger partial charge in [-0.25, -0.2) is 17.5 Å². The number of pyridine rings is 1. The van der Waals surface area contributed by atoms with E-state index in [1.165, 1.54) is 16.5 Å². The lowest BCUT2D eigenvalue weighted by molar-refractivity contribution is 0.400. The first-order valence-corrected chi connectivity index (χ1v) is 9.80. The van der Waals surface area contributed by atoms with E-state index >= 15 is 0 Å². The second-order valence-corrected chi connectivity index (χ2v) is 7.89. The Balaban J connectivity index is 1.91. The molecule has 26 heavy (non-hydrogen) atoms. The molecule has 0 unspecified atom stereocenters. The molecule has 1 aliphatic rings. The van der Waals surface area contributed by atoms with Gasteiger partial charge in [-0.3, -0.25) is 10.4 Å². The van der Waals surface area contributed by atoms with Gasteiger partial charge in [0, 0.05) is 18.0 Å². The van der Waals surface area contributed by atoms with E-state index in [1.807, 2.05) is 12.1 Å². The Kier molecular flexibility index (Phi) is 3.97. The minimum Gasteiger partial charge on any atom is -0.289 e. The first kappa shape index (κ1) is 16.7. The minimum absolute atomic E-state index is 0.270. The van der Waals surface area contributed by atoms with Crippen LogP contribution in [0, 0.1) is 5.82 Å². The Labute approximate surface area is 150 Å². The number of hydrogen-bond donors (Lipinski definition) is 1. The molecule has 0 aliphatic carbocycles. The third-order valence-corrected chi connectivity index (χ3v) is 5.26. The molecule has 0 bridgehead atoms. The number of sulfonamides is 1. The lowest BCUT2D eigenvalue weighted by atomic mass is 10.0. The van der Waals surface area contributed by atoms with E-state index in [2.05, 4.69) is 15.5 Å². The lowest BCUT2D eigenvalue weighted by Gasteiger charge is -2.27. The highest BCUT2D eigenvalue weighted by Gasteiger charge is 2.29. The molecule has 1 aromatic carbocycles. The number of aromatic nitrogens is 3. The molecule has 3 aromatic rings. The predicted octanol–water partition coefficient (Wildman–Crippen LogP) is 2.35. The smallest absolute Gasteiger partial charge is 0.228 e. The first-order valence-electron chi connectivity index (χ1n) is 7.95. The van der Waals surface area contributed by atoms with E-state index in [0.717, 1.165) is 22.9 Å². The van der Waals surface area contributed by atoms with Crippen LogP contribution in [-0.4, -0.2) is 40.4 Å². The second kappa shape index (κ2) is 6.19. The van der Waals surface area contributed by atoms with E-state index in [4.69, 9.17) is 0 Å². The van der Waals surface area contributed by atoms with Crippen molar-refractivity contribution < 1.29 is 12.8 Å². The molecule has 0 fully saturated rings. The summed E-state index contributed by atoms with van der Waals surface area (Å²) >= 11 is 0. The van der Waals surface area contributed by atoms with Gasteiger partial charge in [0.05, 0.1) is 24.9 Å². The quantitative estimate of drug-likeness (QED) is 0.762. The van der Waals surface area contributed by atoms with Crippen molar-refractivity contribution in [1.82, 2.24) is 19.2 Å². The Bertz CT molecular complexity index is 1050. The average Bonchev–Trinajstić information content (AvgIpc) is 3.01. The predicted molar refractivity (Wildman–Crippen MR) is 96.0 cm³/mol. The van der Waals surface area contributed by atoms with Gasteiger partial charge in [-0.05, 0) is 42.0 Å². The molecular weight excluding hydrogens is 357 g/mol. The second-order valence-electron chi connectivity index (χ2n) is 5.99. The van der Waals surface area contributed by atoms with Crippen LogP contribution in [0.4, 0.5) is 10.2 Å². The summed E-state index contributed by atoms with van der Waals surface area (Å²) in [5, 5.41) is 4.63. The van der Waals surface area contributed by atoms with E-state index in [9.17, 15) is 12.8 Å². The van der Waals surface area contributed by atoms with Crippen molar-refractivity contribution in [1.29, 1.82) is 0 Å². The van der Waals surface area contributed by atoms with Crippen LogP contribution in [0.1, 0.15) is 0 Å². The van der Waals surface area contributed by atoms with Crippen LogP contribution in [0.25, 0.3) is 22.4 Å². The number of nitrogens with one attached hydrogen (secondary N) is 1. The fourth-order valence-electron chi connectivity index (χ4n) is 2.95. The molecule has 0 atom stereocenters. The fourth-order valence-corrected chi connectivity index (χ4v) is 3.61. The Morgan fingerprint density at radius 1 is 1.04 bits per heavy atom. The maximum Gasteiger partial charge on any atom is 0.228 e. The molecule has 0 saturated carbocycles. The van der Waals surface area contributed by atoms with Gasteiger partial charge in [-0.15, -0.1) is 4.41 Å². The van der Waals surface area contributed by atoms with Crippen molar-refractivity contribution in [3.8, 4) is 22.4 Å². The van der Waals surface area contributed by atoms with Crippen molar-refractivity contribution in [2.24, 2.45) is 0 Å². The largest absolute Gasteiger partial charge is 0.289 e. The van der Waals surface area contributed by atoms with Crippen molar-refractivity contribution in [2.75, 3.05) is 18.2 Å². The summed E-state index contributed by atoms with van der Waals surface area (Å²) < 4.78 is 40.1. The Hall–Kier alpha value is -2.78. The van der Waals surface area contributed by atoms with Gasteiger partial charge in [-0.1, -0.05) is 0 Å². The number of rotatable bonds is 3. The number of hydrazine groups is 1. The van der Waals surface area contributed by atoms with Gasteiger partial charge in [0.2, 0.25) is 10.0 Å². The lowest BCUT2D eigenvalue weighted by Crippen LogP contribution is -2.42. The van der Waals surface area contributed by atoms with Crippen LogP contribution in [0.3, 0.4) is 0 Å².